The normalized spacial score (nSPS) is 15.9. The van der Waals surface area contributed by atoms with Crippen molar-refractivity contribution in [1.29, 1.82) is 0 Å². The van der Waals surface area contributed by atoms with Gasteiger partial charge in [0.1, 0.15) is 10.8 Å². The molecule has 0 radical (unpaired) electrons. The first kappa shape index (κ1) is 18.7. The van der Waals surface area contributed by atoms with Crippen LogP contribution < -0.4 is 0 Å². The van der Waals surface area contributed by atoms with Crippen LogP contribution in [-0.4, -0.2) is 25.5 Å². The summed E-state index contributed by atoms with van der Waals surface area (Å²) in [4.78, 5) is 23.0. The molecule has 0 aliphatic heterocycles. The van der Waals surface area contributed by atoms with Crippen molar-refractivity contribution >= 4 is 17.1 Å². The van der Waals surface area contributed by atoms with Crippen LogP contribution in [0.3, 0.4) is 0 Å². The van der Waals surface area contributed by atoms with Crippen LogP contribution in [0.5, 0.6) is 0 Å². The fraction of sp³-hybridized carbons (Fsp3) is 0.478. The number of carbonyl (C=O) groups is 1. The first-order chi connectivity index (χ1) is 14.0. The van der Waals surface area contributed by atoms with Crippen molar-refractivity contribution in [1.82, 2.24) is 19.7 Å². The molecule has 1 saturated carbocycles. The minimum absolute atomic E-state index is 0.254. The van der Waals surface area contributed by atoms with Crippen LogP contribution >= 0.6 is 11.3 Å². The van der Waals surface area contributed by atoms with Crippen LogP contribution in [-0.2, 0) is 24.1 Å². The monoisotopic (exact) mass is 406 g/mol. The summed E-state index contributed by atoms with van der Waals surface area (Å²) in [6, 6.07) is 4.41. The molecule has 5 nitrogen and oxygen atoms in total. The minimum atomic E-state index is 0.254. The molecule has 29 heavy (non-hydrogen) atoms. The molecule has 6 heteroatoms. The smallest absolute Gasteiger partial charge is 0.142 e. The predicted octanol–water partition coefficient (Wildman–Crippen LogP) is 4.97. The molecule has 0 amide bonds. The van der Waals surface area contributed by atoms with Gasteiger partial charge in [-0.1, -0.05) is 6.42 Å². The molecule has 150 valence electrons. The second kappa shape index (κ2) is 7.17. The number of Topliss-reactive ketones (excluding diaryl/α,β-unsaturated/α-hetero) is 1. The van der Waals surface area contributed by atoms with Crippen LogP contribution in [0.2, 0.25) is 0 Å². The number of hydrogen-bond acceptors (Lipinski definition) is 5. The highest BCUT2D eigenvalue weighted by Gasteiger charge is 2.31. The third kappa shape index (κ3) is 3.23. The first-order valence-corrected chi connectivity index (χ1v) is 11.4. The molecule has 0 saturated heterocycles. The van der Waals surface area contributed by atoms with Crippen LogP contribution in [0.15, 0.2) is 18.3 Å². The summed E-state index contributed by atoms with van der Waals surface area (Å²) < 4.78 is 2.14. The summed E-state index contributed by atoms with van der Waals surface area (Å²) in [7, 11) is 0. The van der Waals surface area contributed by atoms with Gasteiger partial charge in [0.25, 0.3) is 0 Å². The van der Waals surface area contributed by atoms with E-state index in [1.165, 1.54) is 22.6 Å². The standard InChI is InChI=1S/C23H26N4OS/c1-13(2)27-22-17(21(26-27)16-8-7-14(3)24-12-16)9-10-18-23(22)29-20(25-18)11-19(28)15-5-4-6-15/h7-8,12-13,15H,4-6,9-11H2,1-3H3. The third-order valence-corrected chi connectivity index (χ3v) is 7.24. The average Bonchev–Trinajstić information content (AvgIpc) is 3.21. The molecule has 3 aromatic rings. The van der Waals surface area contributed by atoms with E-state index in [0.29, 0.717) is 12.2 Å². The van der Waals surface area contributed by atoms with E-state index < -0.39 is 0 Å². The summed E-state index contributed by atoms with van der Waals surface area (Å²) in [6.45, 7) is 6.34. The van der Waals surface area contributed by atoms with Crippen molar-refractivity contribution in [2.75, 3.05) is 0 Å². The zero-order valence-electron chi connectivity index (χ0n) is 17.2. The van der Waals surface area contributed by atoms with Gasteiger partial charge in [-0.05, 0) is 58.6 Å². The van der Waals surface area contributed by atoms with E-state index in [1.54, 1.807) is 11.3 Å². The van der Waals surface area contributed by atoms with Crippen molar-refractivity contribution in [2.45, 2.75) is 65.3 Å². The van der Waals surface area contributed by atoms with Crippen molar-refractivity contribution < 1.29 is 4.79 Å². The van der Waals surface area contributed by atoms with E-state index in [2.05, 4.69) is 29.6 Å². The predicted molar refractivity (Wildman–Crippen MR) is 115 cm³/mol. The van der Waals surface area contributed by atoms with Gasteiger partial charge in [0, 0.05) is 35.0 Å². The van der Waals surface area contributed by atoms with Crippen molar-refractivity contribution in [2.24, 2.45) is 5.92 Å². The molecule has 3 aromatic heterocycles. The number of nitrogens with zero attached hydrogens (tertiary/aromatic N) is 4. The zero-order valence-corrected chi connectivity index (χ0v) is 18.1. The molecule has 2 aliphatic carbocycles. The Hall–Kier alpha value is -2.34. The fourth-order valence-corrected chi connectivity index (χ4v) is 5.44. The van der Waals surface area contributed by atoms with Crippen LogP contribution in [0.4, 0.5) is 0 Å². The molecule has 0 bridgehead atoms. The van der Waals surface area contributed by atoms with Crippen molar-refractivity contribution in [3.8, 4) is 21.8 Å². The van der Waals surface area contributed by atoms with Gasteiger partial charge in [0.15, 0.2) is 0 Å². The molecule has 0 atom stereocenters. The SMILES string of the molecule is Cc1ccc(-c2nn(C(C)C)c3c2CCc2nc(CC(=O)C4CCC4)sc2-3)cn1. The number of aromatic nitrogens is 4. The molecule has 0 aromatic carbocycles. The maximum absolute atomic E-state index is 12.5. The largest absolute Gasteiger partial charge is 0.299 e. The van der Waals surface area contributed by atoms with Gasteiger partial charge in [-0.3, -0.25) is 14.5 Å². The van der Waals surface area contributed by atoms with Gasteiger partial charge in [0.05, 0.1) is 28.4 Å². The Morgan fingerprint density at radius 1 is 1.28 bits per heavy atom. The van der Waals surface area contributed by atoms with Gasteiger partial charge in [-0.25, -0.2) is 4.98 Å². The average molecular weight is 407 g/mol. The molecule has 1 fully saturated rings. The Kier molecular flexibility index (Phi) is 4.62. The topological polar surface area (TPSA) is 60.7 Å². The Morgan fingerprint density at radius 2 is 2.10 bits per heavy atom. The van der Waals surface area contributed by atoms with Crippen LogP contribution in [0, 0.1) is 12.8 Å². The van der Waals surface area contributed by atoms with Crippen LogP contribution in [0.25, 0.3) is 21.8 Å². The number of thiazole rings is 1. The van der Waals surface area contributed by atoms with E-state index in [0.717, 1.165) is 53.3 Å². The number of rotatable bonds is 5. The second-order valence-electron chi connectivity index (χ2n) is 8.56. The number of pyridine rings is 1. The van der Waals surface area contributed by atoms with Gasteiger partial charge >= 0.3 is 0 Å². The Labute approximate surface area is 175 Å². The molecular weight excluding hydrogens is 380 g/mol. The highest BCUT2D eigenvalue weighted by atomic mass is 32.1. The lowest BCUT2D eigenvalue weighted by Gasteiger charge is -2.23. The summed E-state index contributed by atoms with van der Waals surface area (Å²) >= 11 is 1.69. The van der Waals surface area contributed by atoms with Gasteiger partial charge < -0.3 is 0 Å². The lowest BCUT2D eigenvalue weighted by molar-refractivity contribution is -0.124. The van der Waals surface area contributed by atoms with Crippen molar-refractivity contribution in [3.63, 3.8) is 0 Å². The number of aryl methyl sites for hydroxylation is 2. The van der Waals surface area contributed by atoms with Crippen molar-refractivity contribution in [3.05, 3.63) is 40.3 Å². The molecule has 3 heterocycles. The second-order valence-corrected chi connectivity index (χ2v) is 9.64. The Morgan fingerprint density at radius 3 is 2.76 bits per heavy atom. The minimum Gasteiger partial charge on any atom is -0.299 e. The lowest BCUT2D eigenvalue weighted by atomic mass is 9.81. The quantitative estimate of drug-likeness (QED) is 0.600. The van der Waals surface area contributed by atoms with E-state index in [9.17, 15) is 4.79 Å². The van der Waals surface area contributed by atoms with E-state index in [4.69, 9.17) is 10.1 Å². The molecule has 0 N–H and O–H groups in total. The number of carbonyl (C=O) groups excluding carboxylic acids is 1. The number of ketones is 1. The zero-order chi connectivity index (χ0) is 20.1. The Bertz CT molecular complexity index is 1070. The van der Waals surface area contributed by atoms with E-state index >= 15 is 0 Å². The summed E-state index contributed by atoms with van der Waals surface area (Å²) in [5.41, 5.74) is 6.73. The van der Waals surface area contributed by atoms with Gasteiger partial charge in [-0.15, -0.1) is 11.3 Å². The fourth-order valence-electron chi connectivity index (χ4n) is 4.26. The van der Waals surface area contributed by atoms with Gasteiger partial charge in [0.2, 0.25) is 0 Å². The first-order valence-electron chi connectivity index (χ1n) is 10.6. The third-order valence-electron chi connectivity index (χ3n) is 6.14. The molecule has 0 unspecified atom stereocenters. The summed E-state index contributed by atoms with van der Waals surface area (Å²) in [6.07, 6.45) is 7.56. The highest BCUT2D eigenvalue weighted by molar-refractivity contribution is 7.15. The molecule has 2 aliphatic rings. The maximum atomic E-state index is 12.5. The number of hydrogen-bond donors (Lipinski definition) is 0. The summed E-state index contributed by atoms with van der Waals surface area (Å²) in [5, 5.41) is 5.97. The maximum Gasteiger partial charge on any atom is 0.142 e. The van der Waals surface area contributed by atoms with E-state index in [1.807, 2.05) is 19.2 Å². The molecular formula is C23H26N4OS. The highest BCUT2D eigenvalue weighted by Crippen LogP contribution is 2.43. The van der Waals surface area contributed by atoms with E-state index in [-0.39, 0.29) is 12.0 Å². The molecule has 5 rings (SSSR count). The number of fused-ring (bicyclic) bond motifs is 3. The van der Waals surface area contributed by atoms with Crippen LogP contribution in [0.1, 0.15) is 61.1 Å². The van der Waals surface area contributed by atoms with Gasteiger partial charge in [-0.2, -0.15) is 5.10 Å². The summed E-state index contributed by atoms with van der Waals surface area (Å²) in [5.74, 6) is 0.639. The Balaban J connectivity index is 1.56. The molecule has 0 spiro atoms. The lowest BCUT2D eigenvalue weighted by Crippen LogP contribution is -2.23.